The van der Waals surface area contributed by atoms with Crippen molar-refractivity contribution < 1.29 is 5.11 Å². The van der Waals surface area contributed by atoms with Crippen LogP contribution in [-0.2, 0) is 6.42 Å². The average Bonchev–Trinajstić information content (AvgIpc) is 2.55. The first-order valence-corrected chi connectivity index (χ1v) is 4.86. The Balaban J connectivity index is 2.42. The lowest BCUT2D eigenvalue weighted by atomic mass is 10.1. The molecule has 0 amide bonds. The Kier molecular flexibility index (Phi) is 2.50. The minimum atomic E-state index is 0.236. The Hall–Kier alpha value is -1.35. The standard InChI is InChI=1S/C11H14N2O/c1-8-12-10-6-2-4-9(5-3-7-14)11(10)13-8/h2,4,6,14H,3,5,7H2,1H3,(H,12,13). The van der Waals surface area contributed by atoms with E-state index in [2.05, 4.69) is 16.0 Å². The molecular formula is C11H14N2O. The Morgan fingerprint density at radius 1 is 1.43 bits per heavy atom. The second-order valence-electron chi connectivity index (χ2n) is 3.46. The van der Waals surface area contributed by atoms with Crippen LogP contribution in [0.3, 0.4) is 0 Å². The van der Waals surface area contributed by atoms with Gasteiger partial charge in [-0.05, 0) is 31.4 Å². The first-order chi connectivity index (χ1) is 6.81. The minimum Gasteiger partial charge on any atom is -0.396 e. The number of aliphatic hydroxyl groups excluding tert-OH is 1. The predicted molar refractivity (Wildman–Crippen MR) is 56.2 cm³/mol. The van der Waals surface area contributed by atoms with Crippen molar-refractivity contribution in [3.63, 3.8) is 0 Å². The second-order valence-corrected chi connectivity index (χ2v) is 3.46. The zero-order valence-corrected chi connectivity index (χ0v) is 8.25. The van der Waals surface area contributed by atoms with Crippen molar-refractivity contribution >= 4 is 11.0 Å². The Morgan fingerprint density at radius 3 is 3.07 bits per heavy atom. The maximum atomic E-state index is 8.78. The van der Waals surface area contributed by atoms with Crippen LogP contribution in [0.15, 0.2) is 18.2 Å². The van der Waals surface area contributed by atoms with Gasteiger partial charge in [-0.15, -0.1) is 0 Å². The molecule has 0 spiro atoms. The molecule has 2 rings (SSSR count). The largest absolute Gasteiger partial charge is 0.396 e. The third-order valence-corrected chi connectivity index (χ3v) is 2.32. The van der Waals surface area contributed by atoms with E-state index in [0.717, 1.165) is 29.7 Å². The van der Waals surface area contributed by atoms with Crippen LogP contribution in [0.25, 0.3) is 11.0 Å². The number of hydrogen-bond donors (Lipinski definition) is 2. The zero-order chi connectivity index (χ0) is 9.97. The molecular weight excluding hydrogens is 176 g/mol. The highest BCUT2D eigenvalue weighted by Gasteiger charge is 2.04. The van der Waals surface area contributed by atoms with E-state index in [0.29, 0.717) is 0 Å². The Morgan fingerprint density at radius 2 is 2.29 bits per heavy atom. The molecule has 0 saturated carbocycles. The lowest BCUT2D eigenvalue weighted by molar-refractivity contribution is 0.289. The average molecular weight is 190 g/mol. The molecule has 0 bridgehead atoms. The van der Waals surface area contributed by atoms with Crippen LogP contribution in [0.4, 0.5) is 0 Å². The minimum absolute atomic E-state index is 0.236. The fourth-order valence-electron chi connectivity index (χ4n) is 1.69. The molecule has 74 valence electrons. The highest BCUT2D eigenvalue weighted by atomic mass is 16.2. The highest BCUT2D eigenvalue weighted by Crippen LogP contribution is 2.17. The molecule has 0 aliphatic heterocycles. The van der Waals surface area contributed by atoms with Gasteiger partial charge in [-0.25, -0.2) is 4.98 Å². The van der Waals surface area contributed by atoms with Crippen LogP contribution in [-0.4, -0.2) is 21.7 Å². The summed E-state index contributed by atoms with van der Waals surface area (Å²) in [5, 5.41) is 8.78. The molecule has 0 aliphatic carbocycles. The van der Waals surface area contributed by atoms with Gasteiger partial charge in [0.25, 0.3) is 0 Å². The van der Waals surface area contributed by atoms with Gasteiger partial charge in [0.15, 0.2) is 0 Å². The summed E-state index contributed by atoms with van der Waals surface area (Å²) in [7, 11) is 0. The fourth-order valence-corrected chi connectivity index (χ4v) is 1.69. The van der Waals surface area contributed by atoms with Gasteiger partial charge in [0.1, 0.15) is 5.82 Å². The SMILES string of the molecule is Cc1nc2c(CCCO)cccc2[nH]1. The van der Waals surface area contributed by atoms with Gasteiger partial charge in [-0.3, -0.25) is 0 Å². The molecule has 14 heavy (non-hydrogen) atoms. The van der Waals surface area contributed by atoms with Crippen LogP contribution in [0.2, 0.25) is 0 Å². The van der Waals surface area contributed by atoms with Crippen LogP contribution < -0.4 is 0 Å². The van der Waals surface area contributed by atoms with Crippen molar-refractivity contribution in [2.75, 3.05) is 6.61 Å². The first-order valence-electron chi connectivity index (χ1n) is 4.86. The number of H-pyrrole nitrogens is 1. The van der Waals surface area contributed by atoms with Crippen molar-refractivity contribution in [3.8, 4) is 0 Å². The molecule has 1 aromatic carbocycles. The second kappa shape index (κ2) is 3.80. The number of nitrogens with one attached hydrogen (secondary N) is 1. The van der Waals surface area contributed by atoms with Crippen molar-refractivity contribution in [1.29, 1.82) is 0 Å². The van der Waals surface area contributed by atoms with E-state index in [1.165, 1.54) is 5.56 Å². The molecule has 2 N–H and O–H groups in total. The van der Waals surface area contributed by atoms with Crippen LogP contribution in [0.1, 0.15) is 17.8 Å². The summed E-state index contributed by atoms with van der Waals surface area (Å²) in [6, 6.07) is 6.11. The number of imidazole rings is 1. The number of aryl methyl sites for hydroxylation is 2. The van der Waals surface area contributed by atoms with Crippen molar-refractivity contribution in [2.45, 2.75) is 19.8 Å². The van der Waals surface area contributed by atoms with E-state index in [9.17, 15) is 0 Å². The summed E-state index contributed by atoms with van der Waals surface area (Å²) < 4.78 is 0. The van der Waals surface area contributed by atoms with Crippen LogP contribution >= 0.6 is 0 Å². The Bertz CT molecular complexity index is 434. The van der Waals surface area contributed by atoms with Crippen LogP contribution in [0.5, 0.6) is 0 Å². The van der Waals surface area contributed by atoms with Gasteiger partial charge >= 0.3 is 0 Å². The van der Waals surface area contributed by atoms with Crippen molar-refractivity contribution in [1.82, 2.24) is 9.97 Å². The summed E-state index contributed by atoms with van der Waals surface area (Å²) in [4.78, 5) is 7.63. The maximum absolute atomic E-state index is 8.78. The van der Waals surface area contributed by atoms with Gasteiger partial charge in [-0.2, -0.15) is 0 Å². The third-order valence-electron chi connectivity index (χ3n) is 2.32. The molecule has 2 aromatic rings. The monoisotopic (exact) mass is 190 g/mol. The molecule has 0 fully saturated rings. The summed E-state index contributed by atoms with van der Waals surface area (Å²) >= 11 is 0. The van der Waals surface area contributed by atoms with E-state index in [-0.39, 0.29) is 6.61 Å². The number of para-hydroxylation sites is 1. The van der Waals surface area contributed by atoms with Crippen LogP contribution in [0, 0.1) is 6.92 Å². The highest BCUT2D eigenvalue weighted by molar-refractivity contribution is 5.78. The Labute approximate surface area is 82.8 Å². The van der Waals surface area contributed by atoms with E-state index >= 15 is 0 Å². The number of fused-ring (bicyclic) bond motifs is 1. The molecule has 3 heteroatoms. The van der Waals surface area contributed by atoms with E-state index < -0.39 is 0 Å². The normalized spacial score (nSPS) is 11.0. The fraction of sp³-hybridized carbons (Fsp3) is 0.364. The van der Waals surface area contributed by atoms with E-state index in [4.69, 9.17) is 5.11 Å². The zero-order valence-electron chi connectivity index (χ0n) is 8.25. The number of nitrogens with zero attached hydrogens (tertiary/aromatic N) is 1. The van der Waals surface area contributed by atoms with Crippen molar-refractivity contribution in [2.24, 2.45) is 0 Å². The van der Waals surface area contributed by atoms with Gasteiger partial charge < -0.3 is 10.1 Å². The summed E-state index contributed by atoms with van der Waals surface area (Å²) in [5.41, 5.74) is 3.33. The first kappa shape index (κ1) is 9.21. The lowest BCUT2D eigenvalue weighted by Crippen LogP contribution is -1.90. The smallest absolute Gasteiger partial charge is 0.104 e. The number of aliphatic hydroxyl groups is 1. The van der Waals surface area contributed by atoms with Gasteiger partial charge in [-0.1, -0.05) is 12.1 Å². The molecule has 1 heterocycles. The van der Waals surface area contributed by atoms with Gasteiger partial charge in [0.05, 0.1) is 11.0 Å². The lowest BCUT2D eigenvalue weighted by Gasteiger charge is -1.99. The molecule has 0 saturated heterocycles. The molecule has 0 radical (unpaired) electrons. The number of rotatable bonds is 3. The third kappa shape index (κ3) is 1.63. The molecule has 3 nitrogen and oxygen atoms in total. The molecule has 0 atom stereocenters. The number of aromatic amines is 1. The topological polar surface area (TPSA) is 48.9 Å². The maximum Gasteiger partial charge on any atom is 0.104 e. The molecule has 0 unspecified atom stereocenters. The summed E-state index contributed by atoms with van der Waals surface area (Å²) in [5.74, 6) is 0.941. The van der Waals surface area contributed by atoms with E-state index in [1.54, 1.807) is 0 Å². The predicted octanol–water partition coefficient (Wildman–Crippen LogP) is 1.80. The van der Waals surface area contributed by atoms with Crippen molar-refractivity contribution in [3.05, 3.63) is 29.6 Å². The van der Waals surface area contributed by atoms with Gasteiger partial charge in [0.2, 0.25) is 0 Å². The van der Waals surface area contributed by atoms with E-state index in [1.807, 2.05) is 19.1 Å². The quantitative estimate of drug-likeness (QED) is 0.775. The molecule has 1 aromatic heterocycles. The van der Waals surface area contributed by atoms with Gasteiger partial charge in [0, 0.05) is 6.61 Å². The molecule has 0 aliphatic rings. The number of hydrogen-bond acceptors (Lipinski definition) is 2. The summed E-state index contributed by atoms with van der Waals surface area (Å²) in [6.07, 6.45) is 1.68. The number of aromatic nitrogens is 2. The number of benzene rings is 1. The summed E-state index contributed by atoms with van der Waals surface area (Å²) in [6.45, 7) is 2.19.